The van der Waals surface area contributed by atoms with Crippen LogP contribution in [0.4, 0.5) is 0 Å². The highest BCUT2D eigenvalue weighted by Crippen LogP contribution is 2.17. The number of hydrogen-bond acceptors (Lipinski definition) is 2. The van der Waals surface area contributed by atoms with Crippen molar-refractivity contribution in [3.8, 4) is 0 Å². The quantitative estimate of drug-likeness (QED) is 0.836. The SMILES string of the molecule is CCCCN(CCCC)C(=O)[C@H]1Cc2ccccc2CN1. The minimum atomic E-state index is -0.0476. The Balaban J connectivity index is 2.00. The minimum Gasteiger partial charge on any atom is -0.341 e. The number of amides is 1. The number of unbranched alkanes of at least 4 members (excludes halogenated alkanes) is 2. The number of nitrogens with one attached hydrogen (secondary N) is 1. The maximum Gasteiger partial charge on any atom is 0.240 e. The molecule has 3 heteroatoms. The Hall–Kier alpha value is -1.35. The molecule has 3 nitrogen and oxygen atoms in total. The minimum absolute atomic E-state index is 0.0476. The van der Waals surface area contributed by atoms with Crippen LogP contribution in [0, 0.1) is 0 Å². The molecule has 0 unspecified atom stereocenters. The van der Waals surface area contributed by atoms with Gasteiger partial charge in [-0.2, -0.15) is 0 Å². The predicted molar refractivity (Wildman–Crippen MR) is 87.2 cm³/mol. The van der Waals surface area contributed by atoms with Gasteiger partial charge in [0.25, 0.3) is 0 Å². The molecular weight excluding hydrogens is 260 g/mol. The second kappa shape index (κ2) is 8.18. The van der Waals surface area contributed by atoms with Crippen LogP contribution in [0.15, 0.2) is 24.3 Å². The van der Waals surface area contributed by atoms with Crippen molar-refractivity contribution in [2.24, 2.45) is 0 Å². The largest absolute Gasteiger partial charge is 0.341 e. The molecule has 1 heterocycles. The first-order valence-corrected chi connectivity index (χ1v) is 8.35. The molecule has 1 atom stereocenters. The first kappa shape index (κ1) is 16.0. The summed E-state index contributed by atoms with van der Waals surface area (Å²) in [6, 6.07) is 8.39. The molecule has 116 valence electrons. The van der Waals surface area contributed by atoms with Gasteiger partial charge in [0.1, 0.15) is 0 Å². The van der Waals surface area contributed by atoms with E-state index in [1.54, 1.807) is 0 Å². The van der Waals surface area contributed by atoms with E-state index in [0.29, 0.717) is 0 Å². The first-order valence-electron chi connectivity index (χ1n) is 8.35. The monoisotopic (exact) mass is 288 g/mol. The van der Waals surface area contributed by atoms with Gasteiger partial charge in [0.05, 0.1) is 6.04 Å². The van der Waals surface area contributed by atoms with Crippen LogP contribution in [0.2, 0.25) is 0 Å². The highest BCUT2D eigenvalue weighted by atomic mass is 16.2. The predicted octanol–water partition coefficient (Wildman–Crippen LogP) is 3.13. The van der Waals surface area contributed by atoms with Gasteiger partial charge in [-0.05, 0) is 30.4 Å². The molecule has 0 bridgehead atoms. The van der Waals surface area contributed by atoms with Gasteiger partial charge in [-0.3, -0.25) is 4.79 Å². The van der Waals surface area contributed by atoms with Crippen LogP contribution in [-0.2, 0) is 17.8 Å². The number of carbonyl (C=O) groups excluding carboxylic acids is 1. The van der Waals surface area contributed by atoms with Crippen LogP contribution in [0.25, 0.3) is 0 Å². The van der Waals surface area contributed by atoms with Gasteiger partial charge in [0.2, 0.25) is 5.91 Å². The molecule has 1 aliphatic heterocycles. The lowest BCUT2D eigenvalue weighted by atomic mass is 9.95. The lowest BCUT2D eigenvalue weighted by molar-refractivity contribution is -0.133. The number of nitrogens with zero attached hydrogens (tertiary/aromatic N) is 1. The van der Waals surface area contributed by atoms with Gasteiger partial charge in [-0.1, -0.05) is 51.0 Å². The second-order valence-corrected chi connectivity index (χ2v) is 5.94. The number of carbonyl (C=O) groups is 1. The van der Waals surface area contributed by atoms with E-state index in [1.807, 2.05) is 0 Å². The Labute approximate surface area is 128 Å². The van der Waals surface area contributed by atoms with Crippen molar-refractivity contribution in [3.05, 3.63) is 35.4 Å². The fraction of sp³-hybridized carbons (Fsp3) is 0.611. The summed E-state index contributed by atoms with van der Waals surface area (Å²) in [5, 5.41) is 3.42. The van der Waals surface area contributed by atoms with Crippen molar-refractivity contribution >= 4 is 5.91 Å². The van der Waals surface area contributed by atoms with E-state index < -0.39 is 0 Å². The molecule has 0 radical (unpaired) electrons. The average Bonchev–Trinajstić information content (AvgIpc) is 2.54. The van der Waals surface area contributed by atoms with Gasteiger partial charge in [-0.15, -0.1) is 0 Å². The van der Waals surface area contributed by atoms with E-state index in [-0.39, 0.29) is 11.9 Å². The Bertz CT molecular complexity index is 450. The van der Waals surface area contributed by atoms with Crippen LogP contribution in [0.5, 0.6) is 0 Å². The van der Waals surface area contributed by atoms with Crippen LogP contribution in [0.3, 0.4) is 0 Å². The highest BCUT2D eigenvalue weighted by molar-refractivity contribution is 5.82. The number of hydrogen-bond donors (Lipinski definition) is 1. The molecule has 0 fully saturated rings. The third-order valence-electron chi connectivity index (χ3n) is 4.25. The second-order valence-electron chi connectivity index (χ2n) is 5.94. The van der Waals surface area contributed by atoms with Crippen LogP contribution in [-0.4, -0.2) is 29.9 Å². The zero-order valence-corrected chi connectivity index (χ0v) is 13.4. The van der Waals surface area contributed by atoms with E-state index in [9.17, 15) is 4.79 Å². The number of rotatable bonds is 7. The van der Waals surface area contributed by atoms with Crippen molar-refractivity contribution in [1.29, 1.82) is 0 Å². The zero-order valence-electron chi connectivity index (χ0n) is 13.4. The van der Waals surface area contributed by atoms with Crippen LogP contribution in [0.1, 0.15) is 50.7 Å². The molecule has 1 N–H and O–H groups in total. The first-order chi connectivity index (χ1) is 10.3. The molecule has 1 aromatic rings. The standard InChI is InChI=1S/C18H28N2O/c1-3-5-11-20(12-6-4-2)18(21)17-13-15-9-7-8-10-16(15)14-19-17/h7-10,17,19H,3-6,11-14H2,1-2H3/t17-/m1/s1. The summed E-state index contributed by atoms with van der Waals surface area (Å²) in [6.07, 6.45) is 5.29. The summed E-state index contributed by atoms with van der Waals surface area (Å²) in [7, 11) is 0. The fourth-order valence-corrected chi connectivity index (χ4v) is 2.88. The topological polar surface area (TPSA) is 32.3 Å². The van der Waals surface area contributed by atoms with Gasteiger partial charge in [0.15, 0.2) is 0 Å². The molecule has 1 aromatic carbocycles. The fourth-order valence-electron chi connectivity index (χ4n) is 2.88. The number of benzene rings is 1. The molecule has 21 heavy (non-hydrogen) atoms. The van der Waals surface area contributed by atoms with E-state index in [0.717, 1.165) is 51.7 Å². The molecule has 0 spiro atoms. The lowest BCUT2D eigenvalue weighted by Gasteiger charge is -2.31. The average molecular weight is 288 g/mol. The van der Waals surface area contributed by atoms with Crippen molar-refractivity contribution in [2.45, 2.75) is 58.5 Å². The van der Waals surface area contributed by atoms with E-state index in [1.165, 1.54) is 11.1 Å². The summed E-state index contributed by atoms with van der Waals surface area (Å²) in [5.74, 6) is 0.284. The van der Waals surface area contributed by atoms with Gasteiger partial charge < -0.3 is 10.2 Å². The number of fused-ring (bicyclic) bond motifs is 1. The third-order valence-corrected chi connectivity index (χ3v) is 4.25. The summed E-state index contributed by atoms with van der Waals surface area (Å²) >= 11 is 0. The smallest absolute Gasteiger partial charge is 0.240 e. The Kier molecular flexibility index (Phi) is 6.24. The zero-order chi connectivity index (χ0) is 15.1. The normalized spacial score (nSPS) is 17.3. The Morgan fingerprint density at radius 3 is 2.38 bits per heavy atom. The summed E-state index contributed by atoms with van der Waals surface area (Å²) in [6.45, 7) is 6.96. The van der Waals surface area contributed by atoms with Crippen molar-refractivity contribution in [2.75, 3.05) is 13.1 Å². The van der Waals surface area contributed by atoms with Gasteiger partial charge in [-0.25, -0.2) is 0 Å². The van der Waals surface area contributed by atoms with Crippen molar-refractivity contribution in [1.82, 2.24) is 10.2 Å². The summed E-state index contributed by atoms with van der Waals surface area (Å²) < 4.78 is 0. The molecular formula is C18H28N2O. The maximum atomic E-state index is 12.8. The van der Waals surface area contributed by atoms with E-state index in [4.69, 9.17) is 0 Å². The molecule has 0 aliphatic carbocycles. The molecule has 2 rings (SSSR count). The summed E-state index contributed by atoms with van der Waals surface area (Å²) in [4.78, 5) is 14.9. The van der Waals surface area contributed by atoms with E-state index >= 15 is 0 Å². The van der Waals surface area contributed by atoms with Crippen LogP contribution >= 0.6 is 0 Å². The lowest BCUT2D eigenvalue weighted by Crippen LogP contribution is -2.50. The Morgan fingerprint density at radius 1 is 1.14 bits per heavy atom. The highest BCUT2D eigenvalue weighted by Gasteiger charge is 2.27. The van der Waals surface area contributed by atoms with Crippen molar-refractivity contribution in [3.63, 3.8) is 0 Å². The Morgan fingerprint density at radius 2 is 1.76 bits per heavy atom. The third kappa shape index (κ3) is 4.31. The molecule has 0 saturated carbocycles. The van der Waals surface area contributed by atoms with Crippen molar-refractivity contribution < 1.29 is 4.79 Å². The summed E-state index contributed by atoms with van der Waals surface area (Å²) in [5.41, 5.74) is 2.65. The van der Waals surface area contributed by atoms with Gasteiger partial charge in [0, 0.05) is 19.6 Å². The molecule has 1 aliphatic rings. The molecule has 0 aromatic heterocycles. The van der Waals surface area contributed by atoms with Gasteiger partial charge >= 0.3 is 0 Å². The molecule has 0 saturated heterocycles. The van der Waals surface area contributed by atoms with E-state index in [2.05, 4.69) is 48.3 Å². The van der Waals surface area contributed by atoms with Crippen LogP contribution < -0.4 is 5.32 Å². The maximum absolute atomic E-state index is 12.8. The molecule has 1 amide bonds.